The molecule has 0 aliphatic heterocycles. The number of anilines is 1. The average Bonchev–Trinajstić information content (AvgIpc) is 2.99. The van der Waals surface area contributed by atoms with Crippen LogP contribution < -0.4 is 4.90 Å². The largest absolute Gasteiger partial charge is 0.467 e. The molecule has 1 atom stereocenters. The van der Waals surface area contributed by atoms with Crippen LogP contribution in [0.4, 0.5) is 5.00 Å². The summed E-state index contributed by atoms with van der Waals surface area (Å²) in [6.07, 6.45) is 0. The van der Waals surface area contributed by atoms with Crippen molar-refractivity contribution in [3.63, 3.8) is 0 Å². The third-order valence-corrected chi connectivity index (χ3v) is 4.32. The van der Waals surface area contributed by atoms with Crippen molar-refractivity contribution in [3.05, 3.63) is 52.4 Å². The molecule has 1 aromatic heterocycles. The fraction of sp³-hybridized carbons (Fsp3) is 0.267. The fourth-order valence-corrected chi connectivity index (χ4v) is 3.19. The Balaban J connectivity index is 0.00000220. The molecule has 21 heavy (non-hydrogen) atoms. The Morgan fingerprint density at radius 1 is 1.33 bits per heavy atom. The Hall–Kier alpha value is -1.23. The van der Waals surface area contributed by atoms with E-state index in [2.05, 4.69) is 0 Å². The quantitative estimate of drug-likeness (QED) is 0.743. The first-order valence-corrected chi connectivity index (χ1v) is 7.57. The van der Waals surface area contributed by atoms with Gasteiger partial charge in [-0.3, -0.25) is 0 Å². The van der Waals surface area contributed by atoms with Gasteiger partial charge in [0.05, 0.1) is 12.1 Å². The molecule has 6 heteroatoms. The van der Waals surface area contributed by atoms with Crippen molar-refractivity contribution >= 4 is 46.3 Å². The van der Waals surface area contributed by atoms with Gasteiger partial charge in [0.1, 0.15) is 0 Å². The van der Waals surface area contributed by atoms with Crippen LogP contribution in [-0.4, -0.2) is 19.6 Å². The van der Waals surface area contributed by atoms with Crippen LogP contribution in [0.15, 0.2) is 41.8 Å². The van der Waals surface area contributed by atoms with Gasteiger partial charge in [-0.2, -0.15) is 0 Å². The molecule has 0 saturated carbocycles. The van der Waals surface area contributed by atoms with Crippen LogP contribution >= 0.6 is 35.3 Å². The molecule has 2 rings (SSSR count). The van der Waals surface area contributed by atoms with Crippen LogP contribution in [-0.2, 0) is 9.53 Å². The zero-order chi connectivity index (χ0) is 14.5. The first-order valence-electron chi connectivity index (χ1n) is 6.31. The number of rotatable bonds is 5. The van der Waals surface area contributed by atoms with Crippen molar-refractivity contribution in [2.45, 2.75) is 13.0 Å². The lowest BCUT2D eigenvalue weighted by Gasteiger charge is -2.30. The second kappa shape index (κ2) is 8.27. The summed E-state index contributed by atoms with van der Waals surface area (Å²) in [4.78, 5) is 14.2. The Kier molecular flexibility index (Phi) is 7.02. The van der Waals surface area contributed by atoms with Crippen LogP contribution in [0, 0.1) is 0 Å². The summed E-state index contributed by atoms with van der Waals surface area (Å²) in [7, 11) is 1.40. The Labute approximate surface area is 139 Å². The number of halogens is 2. The molecule has 1 aromatic carbocycles. The first kappa shape index (κ1) is 17.8. The maximum atomic E-state index is 12.2. The molecular weight excluding hydrogens is 329 g/mol. The van der Waals surface area contributed by atoms with Gasteiger partial charge >= 0.3 is 5.97 Å². The standard InChI is InChI=1S/C15H16ClNO2S.ClH/c1-3-17(13-9-6-10-20-13)14(15(18)19-2)11-7-4-5-8-12(11)16;/h4-10,14H,3H2,1-2H3;1H/t14-;/m0./s1. The molecule has 0 bridgehead atoms. The third-order valence-electron chi connectivity index (χ3n) is 3.07. The van der Waals surface area contributed by atoms with Gasteiger partial charge in [0.15, 0.2) is 6.04 Å². The molecule has 0 saturated heterocycles. The number of hydrogen-bond donors (Lipinski definition) is 0. The van der Waals surface area contributed by atoms with Gasteiger partial charge in [-0.1, -0.05) is 29.8 Å². The van der Waals surface area contributed by atoms with E-state index in [0.717, 1.165) is 10.6 Å². The minimum absolute atomic E-state index is 0. The van der Waals surface area contributed by atoms with Crippen LogP contribution in [0.25, 0.3) is 0 Å². The van der Waals surface area contributed by atoms with E-state index in [9.17, 15) is 4.79 Å². The number of methoxy groups -OCH3 is 1. The zero-order valence-corrected chi connectivity index (χ0v) is 14.2. The highest BCUT2D eigenvalue weighted by molar-refractivity contribution is 7.14. The summed E-state index contributed by atoms with van der Waals surface area (Å²) in [5, 5.41) is 3.57. The van der Waals surface area contributed by atoms with Gasteiger partial charge < -0.3 is 9.64 Å². The van der Waals surface area contributed by atoms with Gasteiger partial charge in [0.25, 0.3) is 0 Å². The second-order valence-corrected chi connectivity index (χ2v) is 5.52. The van der Waals surface area contributed by atoms with Crippen LogP contribution in [0.3, 0.4) is 0 Å². The molecule has 0 aliphatic carbocycles. The predicted molar refractivity (Wildman–Crippen MR) is 90.8 cm³/mol. The zero-order valence-electron chi connectivity index (χ0n) is 11.8. The summed E-state index contributed by atoms with van der Waals surface area (Å²) >= 11 is 7.84. The monoisotopic (exact) mass is 345 g/mol. The third kappa shape index (κ3) is 3.90. The van der Waals surface area contributed by atoms with Gasteiger partial charge in [-0.25, -0.2) is 4.79 Å². The summed E-state index contributed by atoms with van der Waals surface area (Å²) in [5.41, 5.74) is 0.760. The SMILES string of the molecule is CCN(c1cccs1)[C@H](C(=O)OC)c1ccccc1Cl.Cl. The topological polar surface area (TPSA) is 29.5 Å². The normalized spacial score (nSPS) is 11.4. The molecule has 0 amide bonds. The number of carbonyl (C=O) groups excluding carboxylic acids is 1. The average molecular weight is 346 g/mol. The highest BCUT2D eigenvalue weighted by Gasteiger charge is 2.30. The Bertz CT molecular complexity index is 575. The minimum atomic E-state index is -0.530. The van der Waals surface area contributed by atoms with Crippen molar-refractivity contribution in [3.8, 4) is 0 Å². The van der Waals surface area contributed by atoms with Gasteiger partial charge in [0.2, 0.25) is 0 Å². The molecular formula is C15H17Cl2NO2S. The lowest BCUT2D eigenvalue weighted by atomic mass is 10.1. The van der Waals surface area contributed by atoms with Crippen molar-refractivity contribution in [1.82, 2.24) is 0 Å². The van der Waals surface area contributed by atoms with E-state index >= 15 is 0 Å². The maximum Gasteiger partial charge on any atom is 0.333 e. The lowest BCUT2D eigenvalue weighted by molar-refractivity contribution is -0.142. The van der Waals surface area contributed by atoms with E-state index in [1.807, 2.05) is 47.5 Å². The van der Waals surface area contributed by atoms with E-state index in [1.165, 1.54) is 7.11 Å². The molecule has 3 nitrogen and oxygen atoms in total. The van der Waals surface area contributed by atoms with Crippen molar-refractivity contribution < 1.29 is 9.53 Å². The molecule has 0 aliphatic rings. The van der Waals surface area contributed by atoms with E-state index < -0.39 is 6.04 Å². The summed E-state index contributed by atoms with van der Waals surface area (Å²) in [5.74, 6) is -0.312. The summed E-state index contributed by atoms with van der Waals surface area (Å²) in [6.45, 7) is 2.69. The number of likely N-dealkylation sites (N-methyl/N-ethyl adjacent to an activating group) is 1. The van der Waals surface area contributed by atoms with E-state index in [1.54, 1.807) is 17.4 Å². The van der Waals surface area contributed by atoms with Crippen LogP contribution in [0.5, 0.6) is 0 Å². The number of thiophene rings is 1. The number of ether oxygens (including phenoxy) is 1. The van der Waals surface area contributed by atoms with Crippen molar-refractivity contribution in [2.75, 3.05) is 18.6 Å². The molecule has 0 fully saturated rings. The minimum Gasteiger partial charge on any atom is -0.467 e. The van der Waals surface area contributed by atoms with E-state index in [-0.39, 0.29) is 18.4 Å². The highest BCUT2D eigenvalue weighted by Crippen LogP contribution is 2.34. The smallest absolute Gasteiger partial charge is 0.333 e. The lowest BCUT2D eigenvalue weighted by Crippen LogP contribution is -2.34. The number of hydrogen-bond acceptors (Lipinski definition) is 4. The van der Waals surface area contributed by atoms with Gasteiger partial charge in [-0.05, 0) is 30.5 Å². The molecule has 0 unspecified atom stereocenters. The van der Waals surface area contributed by atoms with Crippen LogP contribution in [0.2, 0.25) is 5.02 Å². The van der Waals surface area contributed by atoms with E-state index in [4.69, 9.17) is 16.3 Å². The van der Waals surface area contributed by atoms with Gasteiger partial charge in [0, 0.05) is 17.1 Å². The number of carbonyl (C=O) groups is 1. The summed E-state index contributed by atoms with van der Waals surface area (Å²) in [6, 6.07) is 10.8. The highest BCUT2D eigenvalue weighted by atomic mass is 35.5. The first-order chi connectivity index (χ1) is 9.69. The maximum absolute atomic E-state index is 12.2. The fourth-order valence-electron chi connectivity index (χ4n) is 2.13. The molecule has 0 spiro atoms. The number of esters is 1. The molecule has 114 valence electrons. The second-order valence-electron chi connectivity index (χ2n) is 4.18. The van der Waals surface area contributed by atoms with Crippen molar-refractivity contribution in [2.24, 2.45) is 0 Å². The van der Waals surface area contributed by atoms with Crippen molar-refractivity contribution in [1.29, 1.82) is 0 Å². The number of benzene rings is 1. The van der Waals surface area contributed by atoms with Gasteiger partial charge in [-0.15, -0.1) is 23.7 Å². The summed E-state index contributed by atoms with van der Waals surface area (Å²) < 4.78 is 4.97. The molecule has 0 N–H and O–H groups in total. The van der Waals surface area contributed by atoms with Crippen LogP contribution in [0.1, 0.15) is 18.5 Å². The Morgan fingerprint density at radius 2 is 2.05 bits per heavy atom. The number of nitrogens with zero attached hydrogens (tertiary/aromatic N) is 1. The Morgan fingerprint density at radius 3 is 2.57 bits per heavy atom. The molecule has 1 heterocycles. The molecule has 0 radical (unpaired) electrons. The van der Waals surface area contributed by atoms with E-state index in [0.29, 0.717) is 11.6 Å². The predicted octanol–water partition coefficient (Wildman–Crippen LogP) is 4.56. The molecule has 2 aromatic rings.